The van der Waals surface area contributed by atoms with Crippen LogP contribution in [0.2, 0.25) is 10.2 Å². The first kappa shape index (κ1) is 11.6. The maximum atomic E-state index is 6.21. The number of halogens is 2. The second-order valence-corrected chi connectivity index (χ2v) is 4.94. The van der Waals surface area contributed by atoms with Crippen molar-refractivity contribution in [2.24, 2.45) is 0 Å². The Morgan fingerprint density at radius 3 is 2.50 bits per heavy atom. The van der Waals surface area contributed by atoms with E-state index in [1.54, 1.807) is 0 Å². The predicted molar refractivity (Wildman–Crippen MR) is 75.4 cm³/mol. The molecule has 0 N–H and O–H groups in total. The van der Waals surface area contributed by atoms with Crippen molar-refractivity contribution in [2.75, 3.05) is 0 Å². The molecule has 0 amide bonds. The number of aryl methyl sites for hydroxylation is 1. The lowest BCUT2D eigenvalue weighted by atomic mass is 10.2. The molecule has 1 aromatic carbocycles. The Morgan fingerprint density at radius 2 is 1.78 bits per heavy atom. The van der Waals surface area contributed by atoms with Crippen LogP contribution in [0.5, 0.6) is 0 Å². The van der Waals surface area contributed by atoms with Crippen LogP contribution in [0.1, 0.15) is 5.56 Å². The summed E-state index contributed by atoms with van der Waals surface area (Å²) in [5, 5.41) is 1.24. The lowest BCUT2D eigenvalue weighted by molar-refractivity contribution is 1.15. The normalized spacial score (nSPS) is 11.1. The summed E-state index contributed by atoms with van der Waals surface area (Å²) in [4.78, 5) is 4.44. The quantitative estimate of drug-likeness (QED) is 0.634. The van der Waals surface area contributed by atoms with Crippen LogP contribution in [0.3, 0.4) is 0 Å². The van der Waals surface area contributed by atoms with Gasteiger partial charge in [0.1, 0.15) is 5.82 Å². The van der Waals surface area contributed by atoms with Gasteiger partial charge in [-0.3, -0.25) is 4.40 Å². The van der Waals surface area contributed by atoms with Crippen molar-refractivity contribution in [1.29, 1.82) is 0 Å². The van der Waals surface area contributed by atoms with E-state index >= 15 is 0 Å². The Kier molecular flexibility index (Phi) is 2.77. The van der Waals surface area contributed by atoms with Crippen LogP contribution < -0.4 is 0 Å². The fraction of sp³-hybridized carbons (Fsp3) is 0.0714. The maximum Gasteiger partial charge on any atom is 0.155 e. The molecule has 0 saturated carbocycles. The Morgan fingerprint density at radius 1 is 1.06 bits per heavy atom. The van der Waals surface area contributed by atoms with Gasteiger partial charge in [0.2, 0.25) is 0 Å². The molecule has 0 atom stereocenters. The van der Waals surface area contributed by atoms with Crippen molar-refractivity contribution in [1.82, 2.24) is 9.38 Å². The molecule has 0 aliphatic rings. The summed E-state index contributed by atoms with van der Waals surface area (Å²) < 4.78 is 2.00. The van der Waals surface area contributed by atoms with Crippen LogP contribution >= 0.6 is 23.2 Å². The summed E-state index contributed by atoms with van der Waals surface area (Å²) >= 11 is 12.1. The first-order valence-electron chi connectivity index (χ1n) is 5.56. The van der Waals surface area contributed by atoms with Gasteiger partial charge in [0.05, 0.1) is 5.52 Å². The molecular weight excluding hydrogens is 267 g/mol. The summed E-state index contributed by atoms with van der Waals surface area (Å²) in [6, 6.07) is 11.6. The van der Waals surface area contributed by atoms with Gasteiger partial charge in [-0.05, 0) is 42.8 Å². The topological polar surface area (TPSA) is 17.3 Å². The van der Waals surface area contributed by atoms with E-state index in [0.29, 0.717) is 10.2 Å². The molecule has 3 rings (SSSR count). The van der Waals surface area contributed by atoms with E-state index < -0.39 is 0 Å². The second kappa shape index (κ2) is 4.30. The number of aromatic nitrogens is 2. The van der Waals surface area contributed by atoms with Crippen LogP contribution in [-0.2, 0) is 0 Å². The first-order chi connectivity index (χ1) is 8.66. The van der Waals surface area contributed by atoms with Crippen LogP contribution in [0, 0.1) is 6.92 Å². The Hall–Kier alpha value is -1.51. The van der Waals surface area contributed by atoms with Crippen molar-refractivity contribution in [3.63, 3.8) is 0 Å². The summed E-state index contributed by atoms with van der Waals surface area (Å²) in [5.41, 5.74) is 3.05. The molecule has 0 bridgehead atoms. The molecule has 0 unspecified atom stereocenters. The highest BCUT2D eigenvalue weighted by molar-refractivity contribution is 6.33. The molecule has 0 radical (unpaired) electrons. The Labute approximate surface area is 115 Å². The summed E-state index contributed by atoms with van der Waals surface area (Å²) in [7, 11) is 0. The number of nitrogens with zero attached hydrogens (tertiary/aromatic N) is 2. The lowest BCUT2D eigenvalue weighted by Gasteiger charge is -2.02. The summed E-state index contributed by atoms with van der Waals surface area (Å²) in [6.45, 7) is 2.02. The van der Waals surface area contributed by atoms with Gasteiger partial charge in [0.25, 0.3) is 0 Å². The van der Waals surface area contributed by atoms with E-state index in [1.807, 2.05) is 53.9 Å². The van der Waals surface area contributed by atoms with Crippen molar-refractivity contribution < 1.29 is 0 Å². The lowest BCUT2D eigenvalue weighted by Crippen LogP contribution is -1.90. The Balaban J connectivity index is 2.30. The van der Waals surface area contributed by atoms with Gasteiger partial charge in [-0.2, -0.15) is 0 Å². The molecule has 2 nitrogen and oxygen atoms in total. The molecule has 0 fully saturated rings. The number of rotatable bonds is 1. The number of hydrogen-bond donors (Lipinski definition) is 0. The van der Waals surface area contributed by atoms with E-state index in [4.69, 9.17) is 23.2 Å². The zero-order chi connectivity index (χ0) is 12.7. The molecule has 2 aromatic heterocycles. The smallest absolute Gasteiger partial charge is 0.155 e. The predicted octanol–water partition coefficient (Wildman–Crippen LogP) is 4.62. The number of imidazole rings is 1. The highest BCUT2D eigenvalue weighted by Crippen LogP contribution is 2.28. The van der Waals surface area contributed by atoms with E-state index in [9.17, 15) is 0 Å². The van der Waals surface area contributed by atoms with Crippen molar-refractivity contribution in [3.05, 3.63) is 58.3 Å². The van der Waals surface area contributed by atoms with Crippen LogP contribution in [0.4, 0.5) is 0 Å². The van der Waals surface area contributed by atoms with E-state index in [2.05, 4.69) is 4.98 Å². The average Bonchev–Trinajstić information content (AvgIpc) is 2.69. The molecule has 18 heavy (non-hydrogen) atoms. The zero-order valence-corrected chi connectivity index (χ0v) is 11.2. The van der Waals surface area contributed by atoms with E-state index in [1.165, 1.54) is 0 Å². The minimum atomic E-state index is 0.526. The molecule has 0 aliphatic carbocycles. The minimum Gasteiger partial charge on any atom is -0.298 e. The summed E-state index contributed by atoms with van der Waals surface area (Å²) in [5.74, 6) is 0.829. The average molecular weight is 277 g/mol. The standard InChI is InChI=1S/C14H10Cl2N2/c1-9-3-2-8-18-12(9)13(16)17-14(18)10-4-6-11(15)7-5-10/h2-8H,1H3. The fourth-order valence-electron chi connectivity index (χ4n) is 2.06. The third-order valence-corrected chi connectivity index (χ3v) is 3.44. The van der Waals surface area contributed by atoms with Crippen molar-refractivity contribution in [3.8, 4) is 11.4 Å². The molecule has 4 heteroatoms. The van der Waals surface area contributed by atoms with Crippen molar-refractivity contribution in [2.45, 2.75) is 6.92 Å². The number of pyridine rings is 1. The number of hydrogen-bond acceptors (Lipinski definition) is 1. The Bertz CT molecular complexity index is 714. The maximum absolute atomic E-state index is 6.21. The van der Waals surface area contributed by atoms with Gasteiger partial charge in [-0.15, -0.1) is 0 Å². The highest BCUT2D eigenvalue weighted by atomic mass is 35.5. The molecule has 0 spiro atoms. The zero-order valence-electron chi connectivity index (χ0n) is 9.69. The van der Waals surface area contributed by atoms with Gasteiger partial charge in [-0.1, -0.05) is 29.3 Å². The van der Waals surface area contributed by atoms with Gasteiger partial charge in [0, 0.05) is 16.8 Å². The molecular formula is C14H10Cl2N2. The van der Waals surface area contributed by atoms with Gasteiger partial charge in [-0.25, -0.2) is 4.98 Å². The monoisotopic (exact) mass is 276 g/mol. The second-order valence-electron chi connectivity index (χ2n) is 4.14. The summed E-state index contributed by atoms with van der Waals surface area (Å²) in [6.07, 6.45) is 1.96. The van der Waals surface area contributed by atoms with Crippen LogP contribution in [0.25, 0.3) is 16.9 Å². The fourth-order valence-corrected chi connectivity index (χ4v) is 2.50. The number of fused-ring (bicyclic) bond motifs is 1. The van der Waals surface area contributed by atoms with Gasteiger partial charge < -0.3 is 0 Å². The largest absolute Gasteiger partial charge is 0.298 e. The van der Waals surface area contributed by atoms with Crippen LogP contribution in [0.15, 0.2) is 42.6 Å². The number of benzene rings is 1. The molecule has 2 heterocycles. The molecule has 90 valence electrons. The van der Waals surface area contributed by atoms with E-state index in [0.717, 1.165) is 22.5 Å². The molecule has 0 aliphatic heterocycles. The van der Waals surface area contributed by atoms with Gasteiger partial charge in [0.15, 0.2) is 5.15 Å². The third kappa shape index (κ3) is 1.78. The van der Waals surface area contributed by atoms with Crippen molar-refractivity contribution >= 4 is 28.7 Å². The minimum absolute atomic E-state index is 0.526. The highest BCUT2D eigenvalue weighted by Gasteiger charge is 2.12. The molecule has 0 saturated heterocycles. The molecule has 3 aromatic rings. The van der Waals surface area contributed by atoms with Crippen LogP contribution in [-0.4, -0.2) is 9.38 Å². The SMILES string of the molecule is Cc1cccn2c(-c3ccc(Cl)cc3)nc(Cl)c12. The first-order valence-corrected chi connectivity index (χ1v) is 6.31. The third-order valence-electron chi connectivity index (χ3n) is 2.93. The van der Waals surface area contributed by atoms with Gasteiger partial charge >= 0.3 is 0 Å². The van der Waals surface area contributed by atoms with E-state index in [-0.39, 0.29) is 0 Å².